The van der Waals surface area contributed by atoms with Crippen molar-refractivity contribution in [3.63, 3.8) is 0 Å². The smallest absolute Gasteiger partial charge is 0.250 e. The number of methoxy groups -OCH3 is 3. The van der Waals surface area contributed by atoms with E-state index < -0.39 is 16.7 Å². The van der Waals surface area contributed by atoms with Crippen LogP contribution in [0.2, 0.25) is 0 Å². The number of carbonyl (C=O) groups is 1. The van der Waals surface area contributed by atoms with Crippen molar-refractivity contribution in [2.24, 2.45) is 0 Å². The number of likely N-dealkylation sites (N-methyl/N-ethyl adjacent to an activating group) is 1. The average molecular weight is 373 g/mol. The minimum Gasteiger partial charge on any atom is -0.496 e. The van der Waals surface area contributed by atoms with E-state index in [2.05, 4.69) is 0 Å². The van der Waals surface area contributed by atoms with Crippen LogP contribution in [0.25, 0.3) is 0 Å². The van der Waals surface area contributed by atoms with Gasteiger partial charge in [0, 0.05) is 30.9 Å². The molecule has 7 nitrogen and oxygen atoms in total. The molecule has 1 amide bonds. The lowest BCUT2D eigenvalue weighted by Gasteiger charge is -2.55. The van der Waals surface area contributed by atoms with Crippen LogP contribution in [0.1, 0.15) is 36.5 Å². The summed E-state index contributed by atoms with van der Waals surface area (Å²) < 4.78 is 23.0. The number of likely N-dealkylation sites (tertiary alicyclic amines) is 1. The Balaban J connectivity index is 1.91. The Morgan fingerprint density at radius 3 is 2.67 bits per heavy atom. The molecule has 1 aromatic rings. The Hall–Kier alpha value is -2.25. The second-order valence-corrected chi connectivity index (χ2v) is 7.77. The van der Waals surface area contributed by atoms with E-state index in [9.17, 15) is 9.90 Å². The average Bonchev–Trinajstić information content (AvgIpc) is 3.11. The minimum absolute atomic E-state index is 0.0267. The fourth-order valence-corrected chi connectivity index (χ4v) is 6.10. The van der Waals surface area contributed by atoms with E-state index in [1.165, 1.54) is 7.11 Å². The van der Waals surface area contributed by atoms with Crippen molar-refractivity contribution in [1.82, 2.24) is 4.90 Å². The number of fused-ring (bicyclic) bond motifs is 3. The van der Waals surface area contributed by atoms with Gasteiger partial charge >= 0.3 is 0 Å². The molecular weight excluding hydrogens is 350 g/mol. The molecule has 2 aliphatic heterocycles. The van der Waals surface area contributed by atoms with Gasteiger partial charge in [0.05, 0.1) is 27.4 Å². The van der Waals surface area contributed by atoms with Gasteiger partial charge in [-0.2, -0.15) is 0 Å². The monoisotopic (exact) mass is 373 g/mol. The third-order valence-corrected chi connectivity index (χ3v) is 7.14. The molecule has 2 bridgehead atoms. The number of hydrogen-bond acceptors (Lipinski definition) is 6. The highest BCUT2D eigenvalue weighted by molar-refractivity contribution is 5.86. The Morgan fingerprint density at radius 2 is 2.00 bits per heavy atom. The molecule has 4 aliphatic rings. The molecule has 5 rings (SSSR count). The number of carbonyl (C=O) groups excluding carboxylic acids is 1. The maximum Gasteiger partial charge on any atom is 0.250 e. The summed E-state index contributed by atoms with van der Waals surface area (Å²) in [7, 11) is 6.46. The summed E-state index contributed by atoms with van der Waals surface area (Å²) in [6.45, 7) is 0. The third-order valence-electron chi connectivity index (χ3n) is 7.14. The number of nitrogens with zero attached hydrogens (tertiary/aromatic N) is 1. The van der Waals surface area contributed by atoms with Gasteiger partial charge in [-0.25, -0.2) is 0 Å². The number of allylic oxidation sites excluding steroid dienone is 1. The largest absolute Gasteiger partial charge is 0.496 e. The number of rotatable bonds is 3. The Labute approximate surface area is 157 Å². The van der Waals surface area contributed by atoms with E-state index >= 15 is 0 Å². The Bertz CT molecular complexity index is 897. The van der Waals surface area contributed by atoms with Crippen molar-refractivity contribution in [1.29, 1.82) is 0 Å². The SMILES string of the molecule is COC1=CC[C@]23CC(=O)N(C)[C@@]24C[C@@H](O[C@@]14O)c1ccc(OC)c(OC)c13. The molecule has 0 radical (unpaired) electrons. The molecule has 2 heterocycles. The highest BCUT2D eigenvalue weighted by Crippen LogP contribution is 2.72. The fraction of sp³-hybridized carbons (Fsp3) is 0.550. The zero-order valence-electron chi connectivity index (χ0n) is 15.9. The van der Waals surface area contributed by atoms with Crippen LogP contribution >= 0.6 is 0 Å². The Kier molecular flexibility index (Phi) is 3.11. The van der Waals surface area contributed by atoms with Crippen LogP contribution in [0.4, 0.5) is 0 Å². The summed E-state index contributed by atoms with van der Waals surface area (Å²) in [5.41, 5.74) is 0.209. The van der Waals surface area contributed by atoms with E-state index in [4.69, 9.17) is 18.9 Å². The van der Waals surface area contributed by atoms with Crippen LogP contribution in [-0.2, 0) is 19.7 Å². The molecule has 1 spiro atoms. The number of ether oxygens (including phenoxy) is 4. The molecule has 27 heavy (non-hydrogen) atoms. The van der Waals surface area contributed by atoms with Crippen molar-refractivity contribution >= 4 is 5.91 Å². The van der Waals surface area contributed by atoms with Gasteiger partial charge in [-0.05, 0) is 24.1 Å². The second kappa shape index (κ2) is 4.97. The quantitative estimate of drug-likeness (QED) is 0.868. The van der Waals surface area contributed by atoms with E-state index in [0.29, 0.717) is 30.1 Å². The first-order valence-corrected chi connectivity index (χ1v) is 9.07. The fourth-order valence-electron chi connectivity index (χ4n) is 6.10. The van der Waals surface area contributed by atoms with Crippen molar-refractivity contribution < 1.29 is 28.8 Å². The highest BCUT2D eigenvalue weighted by Gasteiger charge is 2.81. The first kappa shape index (κ1) is 16.9. The van der Waals surface area contributed by atoms with Gasteiger partial charge < -0.3 is 29.0 Å². The van der Waals surface area contributed by atoms with Gasteiger partial charge in [-0.1, -0.05) is 6.07 Å². The molecule has 7 heteroatoms. The number of benzene rings is 1. The lowest BCUT2D eigenvalue weighted by molar-refractivity contribution is -0.242. The van der Waals surface area contributed by atoms with Crippen LogP contribution in [-0.4, -0.2) is 55.6 Å². The molecule has 144 valence electrons. The Morgan fingerprint density at radius 1 is 1.22 bits per heavy atom. The zero-order valence-corrected chi connectivity index (χ0v) is 15.9. The van der Waals surface area contributed by atoms with Crippen molar-refractivity contribution in [3.8, 4) is 11.5 Å². The maximum atomic E-state index is 13.0. The van der Waals surface area contributed by atoms with Crippen molar-refractivity contribution in [2.75, 3.05) is 28.4 Å². The van der Waals surface area contributed by atoms with Gasteiger partial charge in [0.2, 0.25) is 5.91 Å². The van der Waals surface area contributed by atoms with E-state index in [1.807, 2.05) is 18.2 Å². The summed E-state index contributed by atoms with van der Waals surface area (Å²) >= 11 is 0. The van der Waals surface area contributed by atoms with Gasteiger partial charge in [-0.15, -0.1) is 0 Å². The van der Waals surface area contributed by atoms with Gasteiger partial charge in [0.1, 0.15) is 5.54 Å². The predicted molar refractivity (Wildman–Crippen MR) is 94.4 cm³/mol. The molecular formula is C20H23NO6. The lowest BCUT2D eigenvalue weighted by atomic mass is 9.53. The van der Waals surface area contributed by atoms with Crippen molar-refractivity contribution in [3.05, 3.63) is 35.1 Å². The molecule has 1 N–H and O–H groups in total. The van der Waals surface area contributed by atoms with Gasteiger partial charge in [0.25, 0.3) is 5.79 Å². The lowest BCUT2D eigenvalue weighted by Crippen LogP contribution is -2.69. The zero-order chi connectivity index (χ0) is 19.2. The standard InChI is InChI=1S/C20H23NO6/c1-21-15(22)10-18-8-7-14(25-3)20(23)19(18,21)9-13(27-20)11-5-6-12(24-2)17(26-4)16(11)18/h5-7,13,23H,8-10H2,1-4H3/t13-,18-,19+,20+/m1/s1. The molecule has 0 aromatic heterocycles. The summed E-state index contributed by atoms with van der Waals surface area (Å²) in [6.07, 6.45) is 2.80. The third kappa shape index (κ3) is 1.53. The van der Waals surface area contributed by atoms with E-state index in [-0.39, 0.29) is 18.4 Å². The maximum absolute atomic E-state index is 13.0. The molecule has 2 fully saturated rings. The minimum atomic E-state index is -1.71. The van der Waals surface area contributed by atoms with Gasteiger partial charge in [-0.3, -0.25) is 4.79 Å². The summed E-state index contributed by atoms with van der Waals surface area (Å²) in [5, 5.41) is 11.8. The van der Waals surface area contributed by atoms with E-state index in [1.54, 1.807) is 26.2 Å². The summed E-state index contributed by atoms with van der Waals surface area (Å²) in [5.74, 6) is -0.159. The molecule has 2 saturated heterocycles. The summed E-state index contributed by atoms with van der Waals surface area (Å²) in [4.78, 5) is 14.7. The predicted octanol–water partition coefficient (Wildman–Crippen LogP) is 1.64. The molecule has 2 aliphatic carbocycles. The van der Waals surface area contributed by atoms with Crippen LogP contribution in [0.15, 0.2) is 24.0 Å². The normalized spacial score (nSPS) is 38.3. The van der Waals surface area contributed by atoms with E-state index in [0.717, 1.165) is 11.1 Å². The molecule has 0 saturated carbocycles. The first-order chi connectivity index (χ1) is 12.9. The molecule has 4 atom stereocenters. The summed E-state index contributed by atoms with van der Waals surface area (Å²) in [6, 6.07) is 3.81. The van der Waals surface area contributed by atoms with Crippen LogP contribution < -0.4 is 9.47 Å². The number of hydrogen-bond donors (Lipinski definition) is 1. The highest BCUT2D eigenvalue weighted by atomic mass is 16.7. The number of aliphatic hydroxyl groups is 1. The van der Waals surface area contributed by atoms with Crippen molar-refractivity contribution in [2.45, 2.75) is 42.1 Å². The molecule has 0 unspecified atom stereocenters. The van der Waals surface area contributed by atoms with Crippen LogP contribution in [0, 0.1) is 0 Å². The van der Waals surface area contributed by atoms with Gasteiger partial charge in [0.15, 0.2) is 17.3 Å². The molecule has 1 aromatic carbocycles. The first-order valence-electron chi connectivity index (χ1n) is 9.07. The second-order valence-electron chi connectivity index (χ2n) is 7.77. The van der Waals surface area contributed by atoms with Crippen LogP contribution in [0.3, 0.4) is 0 Å². The topological polar surface area (TPSA) is 77.5 Å². The number of amides is 1. The van der Waals surface area contributed by atoms with Crippen LogP contribution in [0.5, 0.6) is 11.5 Å².